The Bertz CT molecular complexity index is 1000. The molecule has 0 aromatic heterocycles. The number of amides is 1. The first kappa shape index (κ1) is 22.0. The maximum absolute atomic E-state index is 13.5. The van der Waals surface area contributed by atoms with Gasteiger partial charge in [-0.2, -0.15) is 0 Å². The Balaban J connectivity index is 1.43. The summed E-state index contributed by atoms with van der Waals surface area (Å²) < 4.78 is 32.7. The molecule has 0 saturated carbocycles. The number of rotatable bonds is 6. The van der Waals surface area contributed by atoms with Gasteiger partial charge in [0, 0.05) is 26.2 Å². The SMILES string of the molecule is Cc1ccccc1OCC(=O)N1CCN(C(c2ccc(F)cc2)c2ccc(F)cc2)CC1. The van der Waals surface area contributed by atoms with E-state index in [1.54, 1.807) is 29.2 Å². The van der Waals surface area contributed by atoms with Crippen LogP contribution >= 0.6 is 0 Å². The molecule has 1 saturated heterocycles. The maximum atomic E-state index is 13.5. The standard InChI is InChI=1S/C26H26F2N2O2/c1-19-4-2-3-5-24(19)32-18-25(31)29-14-16-30(17-15-29)26(20-6-10-22(27)11-7-20)21-8-12-23(28)13-9-21/h2-13,26H,14-18H2,1H3. The molecule has 0 bridgehead atoms. The second kappa shape index (κ2) is 9.92. The lowest BCUT2D eigenvalue weighted by Crippen LogP contribution is -2.51. The van der Waals surface area contributed by atoms with Gasteiger partial charge in [0.2, 0.25) is 0 Å². The first-order valence-electron chi connectivity index (χ1n) is 10.7. The molecular weight excluding hydrogens is 410 g/mol. The van der Waals surface area contributed by atoms with Crippen molar-refractivity contribution in [3.8, 4) is 5.75 Å². The van der Waals surface area contributed by atoms with Gasteiger partial charge < -0.3 is 9.64 Å². The number of benzene rings is 3. The maximum Gasteiger partial charge on any atom is 0.260 e. The molecule has 0 N–H and O–H groups in total. The molecule has 3 aromatic rings. The summed E-state index contributed by atoms with van der Waals surface area (Å²) in [6.07, 6.45) is 0. The van der Waals surface area contributed by atoms with E-state index < -0.39 is 0 Å². The molecule has 1 aliphatic rings. The number of para-hydroxylation sites is 1. The summed E-state index contributed by atoms with van der Waals surface area (Å²) in [5.74, 6) is 0.0755. The fraction of sp³-hybridized carbons (Fsp3) is 0.269. The van der Waals surface area contributed by atoms with Gasteiger partial charge in [-0.05, 0) is 53.9 Å². The predicted octanol–water partition coefficient (Wildman–Crippen LogP) is 4.59. The van der Waals surface area contributed by atoms with E-state index in [1.165, 1.54) is 24.3 Å². The number of ether oxygens (including phenoxy) is 1. The minimum absolute atomic E-state index is 0.00417. The third kappa shape index (κ3) is 5.14. The molecule has 0 radical (unpaired) electrons. The van der Waals surface area contributed by atoms with Crippen molar-refractivity contribution in [1.29, 1.82) is 0 Å². The van der Waals surface area contributed by atoms with E-state index in [9.17, 15) is 13.6 Å². The largest absolute Gasteiger partial charge is 0.484 e. The molecule has 3 aromatic carbocycles. The third-order valence-corrected chi connectivity index (χ3v) is 5.85. The van der Waals surface area contributed by atoms with Gasteiger partial charge in [0.1, 0.15) is 17.4 Å². The number of hydrogen-bond donors (Lipinski definition) is 0. The average Bonchev–Trinajstić information content (AvgIpc) is 2.81. The normalized spacial score (nSPS) is 14.6. The molecule has 0 atom stereocenters. The zero-order valence-corrected chi connectivity index (χ0v) is 18.0. The van der Waals surface area contributed by atoms with Gasteiger partial charge in [-0.25, -0.2) is 8.78 Å². The van der Waals surface area contributed by atoms with Crippen LogP contribution in [0.25, 0.3) is 0 Å². The zero-order chi connectivity index (χ0) is 22.5. The van der Waals surface area contributed by atoms with Crippen molar-refractivity contribution in [2.45, 2.75) is 13.0 Å². The molecule has 1 heterocycles. The molecule has 32 heavy (non-hydrogen) atoms. The summed E-state index contributed by atoms with van der Waals surface area (Å²) in [6, 6.07) is 20.3. The van der Waals surface area contributed by atoms with Crippen LogP contribution in [0, 0.1) is 18.6 Å². The zero-order valence-electron chi connectivity index (χ0n) is 18.0. The van der Waals surface area contributed by atoms with Gasteiger partial charge in [0.05, 0.1) is 6.04 Å². The number of nitrogens with zero attached hydrogens (tertiary/aromatic N) is 2. The van der Waals surface area contributed by atoms with Gasteiger partial charge in [-0.3, -0.25) is 9.69 Å². The highest BCUT2D eigenvalue weighted by molar-refractivity contribution is 5.78. The van der Waals surface area contributed by atoms with Crippen LogP contribution in [0.15, 0.2) is 72.8 Å². The number of hydrogen-bond acceptors (Lipinski definition) is 3. The summed E-state index contributed by atoms with van der Waals surface area (Å²) in [5, 5.41) is 0. The Kier molecular flexibility index (Phi) is 6.81. The second-order valence-electron chi connectivity index (χ2n) is 7.98. The van der Waals surface area contributed by atoms with Crippen LogP contribution in [-0.4, -0.2) is 48.5 Å². The van der Waals surface area contributed by atoms with E-state index in [0.29, 0.717) is 31.9 Å². The van der Waals surface area contributed by atoms with Crippen LogP contribution in [0.5, 0.6) is 5.75 Å². The quantitative estimate of drug-likeness (QED) is 0.567. The lowest BCUT2D eigenvalue weighted by Gasteiger charge is -2.39. The minimum Gasteiger partial charge on any atom is -0.484 e. The number of aryl methyl sites for hydroxylation is 1. The molecular formula is C26H26F2N2O2. The summed E-state index contributed by atoms with van der Waals surface area (Å²) in [6.45, 7) is 4.38. The molecule has 4 rings (SSSR count). The Hall–Kier alpha value is -3.25. The average molecular weight is 437 g/mol. The molecule has 0 aliphatic carbocycles. The van der Waals surface area contributed by atoms with Gasteiger partial charge in [0.15, 0.2) is 6.61 Å². The first-order chi connectivity index (χ1) is 15.5. The van der Waals surface area contributed by atoms with Crippen molar-refractivity contribution >= 4 is 5.91 Å². The molecule has 1 fully saturated rings. The first-order valence-corrected chi connectivity index (χ1v) is 10.7. The van der Waals surface area contributed by atoms with Crippen molar-refractivity contribution in [2.75, 3.05) is 32.8 Å². The van der Waals surface area contributed by atoms with Crippen LogP contribution in [0.4, 0.5) is 8.78 Å². The molecule has 1 aliphatic heterocycles. The Labute approximate surface area is 187 Å². The van der Waals surface area contributed by atoms with E-state index in [1.807, 2.05) is 31.2 Å². The smallest absolute Gasteiger partial charge is 0.260 e. The van der Waals surface area contributed by atoms with E-state index in [0.717, 1.165) is 16.7 Å². The fourth-order valence-electron chi connectivity index (χ4n) is 4.08. The van der Waals surface area contributed by atoms with E-state index in [-0.39, 0.29) is 30.2 Å². The molecule has 1 amide bonds. The second-order valence-corrected chi connectivity index (χ2v) is 7.98. The van der Waals surface area contributed by atoms with Gasteiger partial charge in [-0.15, -0.1) is 0 Å². The predicted molar refractivity (Wildman–Crippen MR) is 119 cm³/mol. The minimum atomic E-state index is -0.296. The third-order valence-electron chi connectivity index (χ3n) is 5.85. The lowest BCUT2D eigenvalue weighted by atomic mass is 9.96. The number of halogens is 2. The fourth-order valence-corrected chi connectivity index (χ4v) is 4.08. The lowest BCUT2D eigenvalue weighted by molar-refractivity contribution is -0.135. The highest BCUT2D eigenvalue weighted by Crippen LogP contribution is 2.30. The van der Waals surface area contributed by atoms with Gasteiger partial charge in [-0.1, -0.05) is 42.5 Å². The molecule has 4 nitrogen and oxygen atoms in total. The topological polar surface area (TPSA) is 32.8 Å². The van der Waals surface area contributed by atoms with Crippen molar-refractivity contribution in [2.24, 2.45) is 0 Å². The highest BCUT2D eigenvalue weighted by atomic mass is 19.1. The number of carbonyl (C=O) groups is 1. The Morgan fingerprint density at radius 2 is 1.38 bits per heavy atom. The van der Waals surface area contributed by atoms with E-state index in [4.69, 9.17) is 4.74 Å². The van der Waals surface area contributed by atoms with Gasteiger partial charge in [0.25, 0.3) is 5.91 Å². The van der Waals surface area contributed by atoms with E-state index >= 15 is 0 Å². The summed E-state index contributed by atoms with van der Waals surface area (Å²) in [4.78, 5) is 16.7. The number of piperazine rings is 1. The molecule has 6 heteroatoms. The van der Waals surface area contributed by atoms with Crippen LogP contribution in [0.3, 0.4) is 0 Å². The van der Waals surface area contributed by atoms with Crippen molar-refractivity contribution in [3.63, 3.8) is 0 Å². The Morgan fingerprint density at radius 1 is 0.844 bits per heavy atom. The van der Waals surface area contributed by atoms with Crippen LogP contribution in [0.2, 0.25) is 0 Å². The monoisotopic (exact) mass is 436 g/mol. The van der Waals surface area contributed by atoms with Crippen LogP contribution in [0.1, 0.15) is 22.7 Å². The summed E-state index contributed by atoms with van der Waals surface area (Å²) >= 11 is 0. The van der Waals surface area contributed by atoms with Crippen LogP contribution < -0.4 is 4.74 Å². The van der Waals surface area contributed by atoms with Crippen molar-refractivity contribution in [3.05, 3.63) is 101 Å². The number of carbonyl (C=O) groups excluding carboxylic acids is 1. The summed E-state index contributed by atoms with van der Waals surface area (Å²) in [7, 11) is 0. The summed E-state index contributed by atoms with van der Waals surface area (Å²) in [5.41, 5.74) is 2.85. The Morgan fingerprint density at radius 3 is 1.91 bits per heavy atom. The molecule has 166 valence electrons. The molecule has 0 unspecified atom stereocenters. The van der Waals surface area contributed by atoms with E-state index in [2.05, 4.69) is 4.90 Å². The van der Waals surface area contributed by atoms with Crippen LogP contribution in [-0.2, 0) is 4.79 Å². The van der Waals surface area contributed by atoms with Gasteiger partial charge >= 0.3 is 0 Å². The van der Waals surface area contributed by atoms with Crippen molar-refractivity contribution < 1.29 is 18.3 Å². The van der Waals surface area contributed by atoms with Crippen molar-refractivity contribution in [1.82, 2.24) is 9.80 Å². The molecule has 0 spiro atoms. The highest BCUT2D eigenvalue weighted by Gasteiger charge is 2.28.